The van der Waals surface area contributed by atoms with Crippen LogP contribution in [0.2, 0.25) is 0 Å². The Bertz CT molecular complexity index is 582. The van der Waals surface area contributed by atoms with Crippen LogP contribution >= 0.6 is 0 Å². The van der Waals surface area contributed by atoms with Gasteiger partial charge in [0.2, 0.25) is 5.88 Å². The van der Waals surface area contributed by atoms with Crippen molar-refractivity contribution in [1.82, 2.24) is 14.5 Å². The highest BCUT2D eigenvalue weighted by Crippen LogP contribution is 2.18. The first-order valence-electron chi connectivity index (χ1n) is 5.88. The van der Waals surface area contributed by atoms with E-state index in [9.17, 15) is 0 Å². The van der Waals surface area contributed by atoms with Crippen LogP contribution in [0.25, 0.3) is 0 Å². The van der Waals surface area contributed by atoms with Gasteiger partial charge in [0.05, 0.1) is 5.56 Å². The molecule has 0 aliphatic carbocycles. The molecule has 1 aliphatic rings. The summed E-state index contributed by atoms with van der Waals surface area (Å²) >= 11 is 0. The van der Waals surface area contributed by atoms with Gasteiger partial charge >= 0.3 is 0 Å². The molecule has 3 heterocycles. The number of aryl methyl sites for hydroxylation is 1. The van der Waals surface area contributed by atoms with Crippen molar-refractivity contribution >= 4 is 0 Å². The van der Waals surface area contributed by atoms with Gasteiger partial charge in [-0.2, -0.15) is 5.26 Å². The molecular formula is C13H12N4O. The number of ether oxygens (including phenoxy) is 1. The highest BCUT2D eigenvalue weighted by atomic mass is 16.5. The van der Waals surface area contributed by atoms with Gasteiger partial charge in [-0.1, -0.05) is 0 Å². The Balaban J connectivity index is 1.69. The van der Waals surface area contributed by atoms with Gasteiger partial charge in [0.1, 0.15) is 18.0 Å². The summed E-state index contributed by atoms with van der Waals surface area (Å²) in [5, 5.41) is 8.69. The van der Waals surface area contributed by atoms with Crippen molar-refractivity contribution in [1.29, 1.82) is 5.26 Å². The van der Waals surface area contributed by atoms with E-state index in [2.05, 4.69) is 14.5 Å². The average Bonchev–Trinajstić information content (AvgIpc) is 2.87. The van der Waals surface area contributed by atoms with Crippen molar-refractivity contribution in [3.63, 3.8) is 0 Å². The van der Waals surface area contributed by atoms with E-state index in [1.54, 1.807) is 12.1 Å². The lowest BCUT2D eigenvalue weighted by Gasteiger charge is -2.23. The fourth-order valence-electron chi connectivity index (χ4n) is 2.11. The van der Waals surface area contributed by atoms with Gasteiger partial charge in [-0.05, 0) is 6.07 Å². The Morgan fingerprint density at radius 2 is 2.33 bits per heavy atom. The Labute approximate surface area is 105 Å². The van der Waals surface area contributed by atoms with E-state index in [0.29, 0.717) is 11.4 Å². The van der Waals surface area contributed by atoms with Crippen molar-refractivity contribution in [2.24, 2.45) is 0 Å². The molecule has 0 radical (unpaired) electrons. The van der Waals surface area contributed by atoms with Crippen LogP contribution in [0.15, 0.2) is 30.7 Å². The molecule has 0 spiro atoms. The van der Waals surface area contributed by atoms with Gasteiger partial charge in [0, 0.05) is 44.0 Å². The molecule has 1 aliphatic heterocycles. The van der Waals surface area contributed by atoms with E-state index < -0.39 is 0 Å². The van der Waals surface area contributed by atoms with Gasteiger partial charge in [-0.25, -0.2) is 9.97 Å². The number of pyridine rings is 1. The number of imidazole rings is 1. The zero-order valence-electron chi connectivity index (χ0n) is 9.78. The number of rotatable bonds is 2. The molecule has 0 saturated carbocycles. The second kappa shape index (κ2) is 4.49. The van der Waals surface area contributed by atoms with E-state index in [1.165, 1.54) is 6.20 Å². The molecule has 18 heavy (non-hydrogen) atoms. The summed E-state index contributed by atoms with van der Waals surface area (Å²) in [6.07, 6.45) is 7.20. The van der Waals surface area contributed by atoms with Crippen LogP contribution in [0, 0.1) is 11.3 Å². The predicted molar refractivity (Wildman–Crippen MR) is 63.9 cm³/mol. The number of hydrogen-bond donors (Lipinski definition) is 0. The van der Waals surface area contributed by atoms with E-state index in [-0.39, 0.29) is 6.10 Å². The standard InChI is InChI=1S/C13H12N4O/c14-8-10-1-2-13(16-9-10)18-11-3-5-17-6-4-15-12(17)7-11/h1-2,4,6,9,11H,3,5,7H2. The summed E-state index contributed by atoms with van der Waals surface area (Å²) < 4.78 is 7.95. The maximum atomic E-state index is 8.69. The lowest BCUT2D eigenvalue weighted by atomic mass is 10.1. The molecule has 0 aromatic carbocycles. The van der Waals surface area contributed by atoms with Gasteiger partial charge in [0.25, 0.3) is 0 Å². The largest absolute Gasteiger partial charge is 0.474 e. The minimum Gasteiger partial charge on any atom is -0.474 e. The van der Waals surface area contributed by atoms with E-state index >= 15 is 0 Å². The van der Waals surface area contributed by atoms with Crippen molar-refractivity contribution in [2.45, 2.75) is 25.5 Å². The van der Waals surface area contributed by atoms with Crippen LogP contribution in [0.4, 0.5) is 0 Å². The zero-order chi connectivity index (χ0) is 12.4. The smallest absolute Gasteiger partial charge is 0.213 e. The summed E-state index contributed by atoms with van der Waals surface area (Å²) in [7, 11) is 0. The SMILES string of the molecule is N#Cc1ccc(OC2CCn3ccnc3C2)nc1. The third kappa shape index (κ3) is 2.05. The Morgan fingerprint density at radius 3 is 3.11 bits per heavy atom. The minimum absolute atomic E-state index is 0.111. The molecule has 0 amide bonds. The van der Waals surface area contributed by atoms with Crippen molar-refractivity contribution < 1.29 is 4.74 Å². The fourth-order valence-corrected chi connectivity index (χ4v) is 2.11. The quantitative estimate of drug-likeness (QED) is 0.798. The summed E-state index contributed by atoms with van der Waals surface area (Å²) in [4.78, 5) is 8.41. The second-order valence-corrected chi connectivity index (χ2v) is 4.27. The number of hydrogen-bond acceptors (Lipinski definition) is 4. The summed E-state index contributed by atoms with van der Waals surface area (Å²) in [5.41, 5.74) is 0.543. The van der Waals surface area contributed by atoms with Crippen LogP contribution in [-0.2, 0) is 13.0 Å². The Hall–Kier alpha value is -2.35. The van der Waals surface area contributed by atoms with Crippen LogP contribution in [0.3, 0.4) is 0 Å². The number of nitriles is 1. The van der Waals surface area contributed by atoms with Crippen molar-refractivity contribution in [3.05, 3.63) is 42.1 Å². The Kier molecular flexibility index (Phi) is 2.69. The normalized spacial score (nSPS) is 17.8. The van der Waals surface area contributed by atoms with Crippen molar-refractivity contribution in [2.75, 3.05) is 0 Å². The first-order valence-corrected chi connectivity index (χ1v) is 5.88. The van der Waals surface area contributed by atoms with Crippen molar-refractivity contribution in [3.8, 4) is 11.9 Å². The van der Waals surface area contributed by atoms with E-state index in [4.69, 9.17) is 10.00 Å². The number of nitrogens with zero attached hydrogens (tertiary/aromatic N) is 4. The molecule has 2 aromatic rings. The third-order valence-electron chi connectivity index (χ3n) is 3.06. The third-order valence-corrected chi connectivity index (χ3v) is 3.06. The molecule has 90 valence electrons. The Morgan fingerprint density at radius 1 is 1.39 bits per heavy atom. The molecule has 5 nitrogen and oxygen atoms in total. The zero-order valence-corrected chi connectivity index (χ0v) is 9.78. The van der Waals surface area contributed by atoms with Crippen LogP contribution < -0.4 is 4.74 Å². The molecule has 1 atom stereocenters. The number of aromatic nitrogens is 3. The molecule has 2 aromatic heterocycles. The lowest BCUT2D eigenvalue weighted by molar-refractivity contribution is 0.160. The van der Waals surface area contributed by atoms with E-state index in [0.717, 1.165) is 25.2 Å². The maximum absolute atomic E-state index is 8.69. The minimum atomic E-state index is 0.111. The summed E-state index contributed by atoms with van der Waals surface area (Å²) in [6.45, 7) is 0.927. The predicted octanol–water partition coefficient (Wildman–Crippen LogP) is 1.54. The van der Waals surface area contributed by atoms with E-state index in [1.807, 2.05) is 18.5 Å². The highest BCUT2D eigenvalue weighted by Gasteiger charge is 2.20. The highest BCUT2D eigenvalue weighted by molar-refractivity contribution is 5.28. The molecule has 0 saturated heterocycles. The molecular weight excluding hydrogens is 228 g/mol. The summed E-state index contributed by atoms with van der Waals surface area (Å²) in [6, 6.07) is 5.49. The summed E-state index contributed by atoms with van der Waals surface area (Å²) in [5.74, 6) is 1.62. The fraction of sp³-hybridized carbons (Fsp3) is 0.308. The van der Waals surface area contributed by atoms with Gasteiger partial charge in [-0.15, -0.1) is 0 Å². The average molecular weight is 240 g/mol. The molecule has 3 rings (SSSR count). The first kappa shape index (κ1) is 10.8. The van der Waals surface area contributed by atoms with Gasteiger partial charge in [-0.3, -0.25) is 0 Å². The number of fused-ring (bicyclic) bond motifs is 1. The van der Waals surface area contributed by atoms with Crippen LogP contribution in [0.5, 0.6) is 5.88 Å². The molecule has 1 unspecified atom stereocenters. The van der Waals surface area contributed by atoms with Crippen LogP contribution in [0.1, 0.15) is 17.8 Å². The molecule has 5 heteroatoms. The van der Waals surface area contributed by atoms with Crippen LogP contribution in [-0.4, -0.2) is 20.6 Å². The first-order chi connectivity index (χ1) is 8.85. The molecule has 0 N–H and O–H groups in total. The molecule has 0 fully saturated rings. The monoisotopic (exact) mass is 240 g/mol. The second-order valence-electron chi connectivity index (χ2n) is 4.27. The van der Waals surface area contributed by atoms with Gasteiger partial charge in [0.15, 0.2) is 0 Å². The maximum Gasteiger partial charge on any atom is 0.213 e. The van der Waals surface area contributed by atoms with Gasteiger partial charge < -0.3 is 9.30 Å². The lowest BCUT2D eigenvalue weighted by Crippen LogP contribution is -2.28. The topological polar surface area (TPSA) is 63.7 Å². The molecule has 0 bridgehead atoms.